The van der Waals surface area contributed by atoms with Crippen molar-refractivity contribution in [3.63, 3.8) is 0 Å². The lowest BCUT2D eigenvalue weighted by atomic mass is 9.89. The number of carbonyl (C=O) groups excluding carboxylic acids is 1. The molecule has 1 saturated carbocycles. The predicted molar refractivity (Wildman–Crippen MR) is 75.1 cm³/mol. The average Bonchev–Trinajstić information content (AvgIpc) is 2.26. The quantitative estimate of drug-likeness (QED) is 0.852. The molecule has 0 heterocycles. The molecule has 0 aliphatic heterocycles. The van der Waals surface area contributed by atoms with Crippen molar-refractivity contribution in [3.8, 4) is 0 Å². The molecule has 1 aliphatic rings. The molecule has 1 aliphatic carbocycles. The van der Waals surface area contributed by atoms with E-state index in [1.54, 1.807) is 0 Å². The van der Waals surface area contributed by atoms with Gasteiger partial charge < -0.3 is 10.1 Å². The highest BCUT2D eigenvalue weighted by Crippen LogP contribution is 2.24. The maximum atomic E-state index is 12.0. The molecule has 1 aromatic carbocycles. The van der Waals surface area contributed by atoms with Gasteiger partial charge in [0.15, 0.2) is 0 Å². The fraction of sp³-hybridized carbons (Fsp3) is 0.462. The first-order valence-electron chi connectivity index (χ1n) is 5.87. The Morgan fingerprint density at radius 3 is 2.82 bits per heavy atom. The monoisotopic (exact) mass is 345 g/mol. The van der Waals surface area contributed by atoms with E-state index in [4.69, 9.17) is 4.74 Å². The molecule has 92 valence electrons. The number of carbonyl (C=O) groups is 1. The standard InChI is InChI=1S/C13H16INO2/c1-2-17-10-7-9(8-10)15-13(16)11-5-3-4-6-12(11)14/h3-6,9-10H,2,7-8H2,1H3,(H,15,16). The highest BCUT2D eigenvalue weighted by Gasteiger charge is 2.30. The first kappa shape index (κ1) is 12.8. The normalized spacial score (nSPS) is 22.9. The molecule has 1 amide bonds. The third kappa shape index (κ3) is 3.19. The Kier molecular flexibility index (Phi) is 4.39. The molecule has 3 nitrogen and oxygen atoms in total. The second-order valence-electron chi connectivity index (χ2n) is 4.20. The van der Waals surface area contributed by atoms with E-state index in [-0.39, 0.29) is 11.9 Å². The van der Waals surface area contributed by atoms with Crippen molar-refractivity contribution in [3.05, 3.63) is 33.4 Å². The van der Waals surface area contributed by atoms with Crippen molar-refractivity contribution in [1.29, 1.82) is 0 Å². The number of amides is 1. The van der Waals surface area contributed by atoms with Crippen LogP contribution in [0.25, 0.3) is 0 Å². The fourth-order valence-corrected chi connectivity index (χ4v) is 2.60. The Morgan fingerprint density at radius 2 is 2.18 bits per heavy atom. The molecule has 17 heavy (non-hydrogen) atoms. The minimum absolute atomic E-state index is 0.0231. The van der Waals surface area contributed by atoms with Gasteiger partial charge in [0.25, 0.3) is 5.91 Å². The van der Waals surface area contributed by atoms with E-state index in [0.29, 0.717) is 6.10 Å². The number of rotatable bonds is 4. The minimum atomic E-state index is 0.0231. The third-order valence-electron chi connectivity index (χ3n) is 2.95. The molecule has 2 rings (SSSR count). The van der Waals surface area contributed by atoms with Gasteiger partial charge in [0, 0.05) is 16.2 Å². The van der Waals surface area contributed by atoms with Gasteiger partial charge in [-0.15, -0.1) is 0 Å². The van der Waals surface area contributed by atoms with Crippen LogP contribution in [0.4, 0.5) is 0 Å². The van der Waals surface area contributed by atoms with Gasteiger partial charge in [-0.05, 0) is 54.5 Å². The van der Waals surface area contributed by atoms with Crippen LogP contribution in [0.5, 0.6) is 0 Å². The smallest absolute Gasteiger partial charge is 0.252 e. The van der Waals surface area contributed by atoms with E-state index in [2.05, 4.69) is 27.9 Å². The van der Waals surface area contributed by atoms with Crippen LogP contribution < -0.4 is 5.32 Å². The van der Waals surface area contributed by atoms with Crippen molar-refractivity contribution in [2.24, 2.45) is 0 Å². The summed E-state index contributed by atoms with van der Waals surface area (Å²) in [5.41, 5.74) is 0.757. The average molecular weight is 345 g/mol. The second kappa shape index (κ2) is 5.82. The Balaban J connectivity index is 1.85. The summed E-state index contributed by atoms with van der Waals surface area (Å²) >= 11 is 2.18. The highest BCUT2D eigenvalue weighted by atomic mass is 127. The van der Waals surface area contributed by atoms with Crippen LogP contribution >= 0.6 is 22.6 Å². The molecule has 0 atom stereocenters. The van der Waals surface area contributed by atoms with Gasteiger partial charge in [-0.1, -0.05) is 12.1 Å². The third-order valence-corrected chi connectivity index (χ3v) is 3.89. The second-order valence-corrected chi connectivity index (χ2v) is 5.36. The van der Waals surface area contributed by atoms with Gasteiger partial charge >= 0.3 is 0 Å². The maximum Gasteiger partial charge on any atom is 0.252 e. The topological polar surface area (TPSA) is 38.3 Å². The van der Waals surface area contributed by atoms with E-state index in [1.807, 2.05) is 31.2 Å². The number of benzene rings is 1. The van der Waals surface area contributed by atoms with E-state index in [1.165, 1.54) is 0 Å². The van der Waals surface area contributed by atoms with E-state index in [0.717, 1.165) is 28.6 Å². The number of ether oxygens (including phenoxy) is 1. The molecular formula is C13H16INO2. The zero-order chi connectivity index (χ0) is 12.3. The molecule has 0 unspecified atom stereocenters. The molecule has 1 fully saturated rings. The summed E-state index contributed by atoms with van der Waals surface area (Å²) in [6, 6.07) is 7.90. The first-order valence-corrected chi connectivity index (χ1v) is 6.95. The van der Waals surface area contributed by atoms with E-state index >= 15 is 0 Å². The number of hydrogen-bond donors (Lipinski definition) is 1. The van der Waals surface area contributed by atoms with Gasteiger partial charge in [-0.3, -0.25) is 4.79 Å². The van der Waals surface area contributed by atoms with Crippen LogP contribution in [0.1, 0.15) is 30.1 Å². The van der Waals surface area contributed by atoms with Crippen molar-refractivity contribution < 1.29 is 9.53 Å². The molecular weight excluding hydrogens is 329 g/mol. The lowest BCUT2D eigenvalue weighted by Crippen LogP contribution is -2.47. The minimum Gasteiger partial charge on any atom is -0.378 e. The molecule has 1 aromatic rings. The predicted octanol–water partition coefficient (Wildman–Crippen LogP) is 2.59. The summed E-state index contributed by atoms with van der Waals surface area (Å²) in [5.74, 6) is 0.0231. The zero-order valence-corrected chi connectivity index (χ0v) is 11.9. The van der Waals surface area contributed by atoms with Crippen LogP contribution in [0.15, 0.2) is 24.3 Å². The van der Waals surface area contributed by atoms with Crippen LogP contribution in [0.3, 0.4) is 0 Å². The van der Waals surface area contributed by atoms with Crippen molar-refractivity contribution in [1.82, 2.24) is 5.32 Å². The van der Waals surface area contributed by atoms with Crippen LogP contribution in [0.2, 0.25) is 0 Å². The Morgan fingerprint density at radius 1 is 1.47 bits per heavy atom. The summed E-state index contributed by atoms with van der Waals surface area (Å²) in [6.07, 6.45) is 2.20. The molecule has 4 heteroatoms. The number of halogens is 1. The molecule has 0 saturated heterocycles. The molecule has 0 aromatic heterocycles. The maximum absolute atomic E-state index is 12.0. The lowest BCUT2D eigenvalue weighted by molar-refractivity contribution is -0.00863. The fourth-order valence-electron chi connectivity index (χ4n) is 1.96. The Bertz CT molecular complexity index is 402. The van der Waals surface area contributed by atoms with Crippen molar-refractivity contribution in [2.75, 3.05) is 6.61 Å². The summed E-state index contributed by atoms with van der Waals surface area (Å²) in [6.45, 7) is 2.75. The molecule has 0 bridgehead atoms. The summed E-state index contributed by atoms with van der Waals surface area (Å²) in [5, 5.41) is 3.04. The van der Waals surface area contributed by atoms with Crippen LogP contribution in [-0.2, 0) is 4.74 Å². The van der Waals surface area contributed by atoms with Gasteiger partial charge in [0.05, 0.1) is 11.7 Å². The van der Waals surface area contributed by atoms with E-state index < -0.39 is 0 Å². The van der Waals surface area contributed by atoms with Gasteiger partial charge in [0.2, 0.25) is 0 Å². The molecule has 1 N–H and O–H groups in total. The number of hydrogen-bond acceptors (Lipinski definition) is 2. The van der Waals surface area contributed by atoms with E-state index in [9.17, 15) is 4.79 Å². The zero-order valence-electron chi connectivity index (χ0n) is 9.78. The summed E-state index contributed by atoms with van der Waals surface area (Å²) < 4.78 is 6.46. The summed E-state index contributed by atoms with van der Waals surface area (Å²) in [7, 11) is 0. The van der Waals surface area contributed by atoms with Crippen LogP contribution in [0, 0.1) is 3.57 Å². The Labute approximate surface area is 115 Å². The highest BCUT2D eigenvalue weighted by molar-refractivity contribution is 14.1. The lowest BCUT2D eigenvalue weighted by Gasteiger charge is -2.35. The van der Waals surface area contributed by atoms with Crippen molar-refractivity contribution >= 4 is 28.5 Å². The SMILES string of the molecule is CCOC1CC(NC(=O)c2ccccc2I)C1. The van der Waals surface area contributed by atoms with Gasteiger partial charge in [-0.2, -0.15) is 0 Å². The Hall–Kier alpha value is -0.620. The summed E-state index contributed by atoms with van der Waals surface area (Å²) in [4.78, 5) is 12.0. The van der Waals surface area contributed by atoms with Gasteiger partial charge in [0.1, 0.15) is 0 Å². The molecule has 0 spiro atoms. The first-order chi connectivity index (χ1) is 8.20. The van der Waals surface area contributed by atoms with Crippen LogP contribution in [-0.4, -0.2) is 24.7 Å². The molecule has 0 radical (unpaired) electrons. The van der Waals surface area contributed by atoms with Gasteiger partial charge in [-0.25, -0.2) is 0 Å². The largest absolute Gasteiger partial charge is 0.378 e. The number of nitrogens with one attached hydrogen (secondary N) is 1. The van der Waals surface area contributed by atoms with Crippen molar-refractivity contribution in [2.45, 2.75) is 31.9 Å².